The number of alkyl halides is 4. The summed E-state index contributed by atoms with van der Waals surface area (Å²) in [6.45, 7) is -0.391. The highest BCUT2D eigenvalue weighted by Gasteiger charge is 2.32. The van der Waals surface area contributed by atoms with Gasteiger partial charge >= 0.3 is 13.7 Å². The van der Waals surface area contributed by atoms with Crippen LogP contribution in [0.25, 0.3) is 11.0 Å². The van der Waals surface area contributed by atoms with Crippen LogP contribution >= 0.6 is 0 Å². The predicted octanol–water partition coefficient (Wildman–Crippen LogP) is 1.96. The van der Waals surface area contributed by atoms with Crippen LogP contribution in [0.5, 0.6) is 5.75 Å². The fourth-order valence-electron chi connectivity index (χ4n) is 3.15. The molecule has 3 aromatic rings. The molecule has 2 aromatic carbocycles. The van der Waals surface area contributed by atoms with Crippen LogP contribution in [0.3, 0.4) is 0 Å². The monoisotopic (exact) mass is 498 g/mol. The van der Waals surface area contributed by atoms with E-state index in [0.29, 0.717) is 16.5 Å². The number of furan rings is 1. The zero-order valence-electron chi connectivity index (χ0n) is 17.8. The summed E-state index contributed by atoms with van der Waals surface area (Å²) in [5.41, 5.74) is 1.18. The lowest BCUT2D eigenvalue weighted by molar-refractivity contribution is -0.274. The molecule has 0 aliphatic heterocycles. The van der Waals surface area contributed by atoms with E-state index in [2.05, 4.69) is 15.4 Å². The van der Waals surface area contributed by atoms with E-state index in [9.17, 15) is 27.2 Å². The lowest BCUT2D eigenvalue weighted by atomic mass is 10.1. The van der Waals surface area contributed by atoms with Gasteiger partial charge in [0.15, 0.2) is 0 Å². The SMILES string of the molecule is O=C(NCc1cccc(OC(F)(F)F)c1)C(F)C(=O)N[C@@H](Cc1coc2ccccc12)OB(O)O. The lowest BCUT2D eigenvalue weighted by Gasteiger charge is -2.20. The van der Waals surface area contributed by atoms with E-state index in [1.807, 2.05) is 0 Å². The molecule has 2 amide bonds. The summed E-state index contributed by atoms with van der Waals surface area (Å²) in [7, 11) is -2.31. The Labute approximate surface area is 195 Å². The number of carbonyl (C=O) groups is 2. The smallest absolute Gasteiger partial charge is 0.464 e. The Morgan fingerprint density at radius 2 is 1.83 bits per heavy atom. The second-order valence-electron chi connectivity index (χ2n) is 7.20. The summed E-state index contributed by atoms with van der Waals surface area (Å²) in [6.07, 6.45) is -7.88. The first kappa shape index (κ1) is 26.0. The maximum Gasteiger partial charge on any atom is 0.635 e. The molecule has 1 heterocycles. The highest BCUT2D eigenvalue weighted by molar-refractivity contribution is 6.32. The number of rotatable bonds is 10. The van der Waals surface area contributed by atoms with E-state index >= 15 is 0 Å². The Morgan fingerprint density at radius 1 is 1.09 bits per heavy atom. The third-order valence-corrected chi connectivity index (χ3v) is 4.61. The lowest BCUT2D eigenvalue weighted by Crippen LogP contribution is -2.49. The summed E-state index contributed by atoms with van der Waals surface area (Å²) in [4.78, 5) is 24.3. The Balaban J connectivity index is 1.59. The van der Waals surface area contributed by atoms with Crippen molar-refractivity contribution in [1.82, 2.24) is 10.6 Å². The molecular weight excluding hydrogens is 479 g/mol. The van der Waals surface area contributed by atoms with Gasteiger partial charge in [-0.2, -0.15) is 0 Å². The second kappa shape index (κ2) is 11.2. The van der Waals surface area contributed by atoms with Crippen molar-refractivity contribution in [2.45, 2.75) is 31.7 Å². The fourth-order valence-corrected chi connectivity index (χ4v) is 3.15. The van der Waals surface area contributed by atoms with Crippen molar-refractivity contribution in [3.63, 3.8) is 0 Å². The van der Waals surface area contributed by atoms with Crippen LogP contribution in [-0.4, -0.2) is 47.9 Å². The number of halogens is 4. The van der Waals surface area contributed by atoms with Gasteiger partial charge in [-0.25, -0.2) is 4.39 Å². The number of hydrogen-bond donors (Lipinski definition) is 4. The molecule has 35 heavy (non-hydrogen) atoms. The van der Waals surface area contributed by atoms with Crippen molar-refractivity contribution in [1.29, 1.82) is 0 Å². The largest absolute Gasteiger partial charge is 0.635 e. The van der Waals surface area contributed by atoms with E-state index < -0.39 is 50.2 Å². The number of hydrogen-bond acceptors (Lipinski definition) is 7. The van der Waals surface area contributed by atoms with Crippen LogP contribution in [0.2, 0.25) is 0 Å². The molecule has 0 spiro atoms. The maximum absolute atomic E-state index is 14.4. The summed E-state index contributed by atoms with van der Waals surface area (Å²) in [6, 6.07) is 11.5. The van der Waals surface area contributed by atoms with Crippen molar-refractivity contribution in [3.05, 3.63) is 65.9 Å². The number of amides is 2. The van der Waals surface area contributed by atoms with Crippen molar-refractivity contribution < 1.29 is 51.0 Å². The number of fused-ring (bicyclic) bond motifs is 1. The zero-order chi connectivity index (χ0) is 25.6. The number of benzene rings is 2. The molecule has 0 fully saturated rings. The van der Waals surface area contributed by atoms with Gasteiger partial charge < -0.3 is 34.5 Å². The van der Waals surface area contributed by atoms with Gasteiger partial charge in [0.05, 0.1) is 6.26 Å². The molecule has 1 unspecified atom stereocenters. The van der Waals surface area contributed by atoms with Crippen molar-refractivity contribution >= 4 is 30.1 Å². The first-order valence-corrected chi connectivity index (χ1v) is 10.1. The van der Waals surface area contributed by atoms with Crippen LogP contribution in [0.15, 0.2) is 59.2 Å². The molecule has 0 saturated heterocycles. The standard InChI is InChI=1S/C21H19BF4N2O7/c23-18(19(29)27-10-12-4-3-5-14(8-12)34-21(24,25)26)20(30)28-17(35-22(31)32)9-13-11-33-16-7-2-1-6-15(13)16/h1-8,11,17-18,31-32H,9-10H2,(H,27,29)(H,28,30)/t17-,18?/m1/s1. The predicted molar refractivity (Wildman–Crippen MR) is 113 cm³/mol. The highest BCUT2D eigenvalue weighted by atomic mass is 19.4. The molecule has 0 radical (unpaired) electrons. The van der Waals surface area contributed by atoms with Crippen LogP contribution in [0, 0.1) is 0 Å². The average Bonchev–Trinajstić information content (AvgIpc) is 3.18. The third kappa shape index (κ3) is 7.70. The molecule has 3 rings (SSSR count). The Morgan fingerprint density at radius 3 is 2.54 bits per heavy atom. The third-order valence-electron chi connectivity index (χ3n) is 4.61. The molecule has 0 saturated carbocycles. The van der Waals surface area contributed by atoms with Crippen molar-refractivity contribution in [2.24, 2.45) is 0 Å². The number of para-hydroxylation sites is 1. The normalized spacial score (nSPS) is 13.2. The van der Waals surface area contributed by atoms with Gasteiger partial charge in [-0.3, -0.25) is 9.59 Å². The molecule has 14 heteroatoms. The van der Waals surface area contributed by atoms with E-state index in [-0.39, 0.29) is 12.0 Å². The first-order valence-electron chi connectivity index (χ1n) is 10.1. The highest BCUT2D eigenvalue weighted by Crippen LogP contribution is 2.24. The molecule has 0 aliphatic rings. The van der Waals surface area contributed by atoms with E-state index in [1.54, 1.807) is 24.3 Å². The van der Waals surface area contributed by atoms with Crippen molar-refractivity contribution in [2.75, 3.05) is 0 Å². The van der Waals surface area contributed by atoms with Crippen LogP contribution in [-0.2, 0) is 27.2 Å². The Hall–Kier alpha value is -3.62. The van der Waals surface area contributed by atoms with E-state index in [0.717, 1.165) is 12.1 Å². The molecule has 0 aliphatic carbocycles. The van der Waals surface area contributed by atoms with Gasteiger partial charge in [0.25, 0.3) is 18.0 Å². The van der Waals surface area contributed by atoms with E-state index in [4.69, 9.17) is 19.1 Å². The summed E-state index contributed by atoms with van der Waals surface area (Å²) < 4.78 is 65.3. The van der Waals surface area contributed by atoms with Crippen LogP contribution < -0.4 is 15.4 Å². The number of nitrogens with one attached hydrogen (secondary N) is 2. The molecule has 186 valence electrons. The van der Waals surface area contributed by atoms with Gasteiger partial charge in [0.1, 0.15) is 17.6 Å². The van der Waals surface area contributed by atoms with Gasteiger partial charge in [0, 0.05) is 23.9 Å². The minimum Gasteiger partial charge on any atom is -0.464 e. The first-order chi connectivity index (χ1) is 16.5. The average molecular weight is 498 g/mol. The maximum atomic E-state index is 14.4. The Kier molecular flexibility index (Phi) is 8.32. The Bertz CT molecular complexity index is 1170. The minimum absolute atomic E-state index is 0.152. The van der Waals surface area contributed by atoms with Crippen molar-refractivity contribution in [3.8, 4) is 5.75 Å². The number of carbonyl (C=O) groups excluding carboxylic acids is 2. The van der Waals surface area contributed by atoms with Gasteiger partial charge in [0.2, 0.25) is 0 Å². The quantitative estimate of drug-likeness (QED) is 0.146. The molecular formula is C21H19BF4N2O7. The van der Waals surface area contributed by atoms with Crippen LogP contribution in [0.1, 0.15) is 11.1 Å². The summed E-state index contributed by atoms with van der Waals surface area (Å²) in [5.74, 6) is -3.34. The number of ether oxygens (including phenoxy) is 1. The molecule has 2 atom stereocenters. The van der Waals surface area contributed by atoms with Crippen LogP contribution in [0.4, 0.5) is 17.6 Å². The molecule has 9 nitrogen and oxygen atoms in total. The topological polar surface area (TPSA) is 130 Å². The summed E-state index contributed by atoms with van der Waals surface area (Å²) in [5, 5.41) is 23.1. The molecule has 1 aromatic heterocycles. The summed E-state index contributed by atoms with van der Waals surface area (Å²) >= 11 is 0. The van der Waals surface area contributed by atoms with E-state index in [1.165, 1.54) is 18.4 Å². The second-order valence-corrected chi connectivity index (χ2v) is 7.20. The molecule has 4 N–H and O–H groups in total. The zero-order valence-corrected chi connectivity index (χ0v) is 17.8. The van der Waals surface area contributed by atoms with Gasteiger partial charge in [-0.05, 0) is 23.8 Å². The van der Waals surface area contributed by atoms with Gasteiger partial charge in [-0.1, -0.05) is 30.3 Å². The fraction of sp³-hybridized carbons (Fsp3) is 0.238. The van der Waals surface area contributed by atoms with Gasteiger partial charge in [-0.15, -0.1) is 13.2 Å². The molecule has 0 bridgehead atoms. The minimum atomic E-state index is -4.91.